The smallest absolute Gasteiger partial charge is 0.317 e. The number of thiophene rings is 1. The lowest BCUT2D eigenvalue weighted by molar-refractivity contribution is -0.139. The van der Waals surface area contributed by atoms with Crippen molar-refractivity contribution in [3.05, 3.63) is 19.8 Å². The molecule has 6 heteroatoms. The molecule has 96 valence electrons. The molecule has 0 spiro atoms. The van der Waals surface area contributed by atoms with Crippen LogP contribution in [0.3, 0.4) is 0 Å². The van der Waals surface area contributed by atoms with Crippen LogP contribution in [-0.4, -0.2) is 28.6 Å². The van der Waals surface area contributed by atoms with Crippen molar-refractivity contribution in [3.8, 4) is 0 Å². The second-order valence-electron chi connectivity index (χ2n) is 3.89. The Hall–Kier alpha value is -0.100. The molecule has 17 heavy (non-hydrogen) atoms. The van der Waals surface area contributed by atoms with Crippen molar-refractivity contribution in [2.45, 2.75) is 32.9 Å². The van der Waals surface area contributed by atoms with Gasteiger partial charge in [-0.2, -0.15) is 0 Å². The molecule has 1 unspecified atom stereocenters. The Morgan fingerprint density at radius 1 is 1.71 bits per heavy atom. The van der Waals surface area contributed by atoms with Crippen molar-refractivity contribution in [1.82, 2.24) is 4.90 Å². The lowest BCUT2D eigenvalue weighted by Crippen LogP contribution is -2.36. The van der Waals surface area contributed by atoms with E-state index >= 15 is 0 Å². The third kappa shape index (κ3) is 4.58. The minimum absolute atomic E-state index is 0.0577. The Morgan fingerprint density at radius 2 is 2.35 bits per heavy atom. The number of halogens is 2. The van der Waals surface area contributed by atoms with Crippen LogP contribution in [0.15, 0.2) is 10.5 Å². The molecule has 0 aliphatic carbocycles. The second-order valence-corrected chi connectivity index (χ2v) is 6.48. The van der Waals surface area contributed by atoms with Crippen LogP contribution in [0, 0.1) is 0 Å². The largest absolute Gasteiger partial charge is 0.480 e. The van der Waals surface area contributed by atoms with Crippen LogP contribution in [0.4, 0.5) is 0 Å². The fraction of sp³-hybridized carbons (Fsp3) is 0.545. The number of carboxylic acids is 1. The van der Waals surface area contributed by atoms with Gasteiger partial charge >= 0.3 is 5.97 Å². The quantitative estimate of drug-likeness (QED) is 0.855. The maximum absolute atomic E-state index is 10.8. The molecule has 1 aromatic heterocycles. The normalized spacial score (nSPS) is 13.0. The van der Waals surface area contributed by atoms with Crippen molar-refractivity contribution in [1.29, 1.82) is 0 Å². The summed E-state index contributed by atoms with van der Waals surface area (Å²) in [5, 5.41) is 8.89. The van der Waals surface area contributed by atoms with Crippen LogP contribution in [-0.2, 0) is 11.3 Å². The molecule has 0 aliphatic heterocycles. The molecular formula is C11H15BrClNO2S. The molecule has 0 bridgehead atoms. The highest BCUT2D eigenvalue weighted by Crippen LogP contribution is 2.32. The number of hydrogen-bond donors (Lipinski definition) is 1. The fourth-order valence-electron chi connectivity index (χ4n) is 1.47. The first-order valence-electron chi connectivity index (χ1n) is 5.33. The van der Waals surface area contributed by atoms with Gasteiger partial charge in [0.2, 0.25) is 0 Å². The van der Waals surface area contributed by atoms with E-state index in [1.54, 1.807) is 0 Å². The van der Waals surface area contributed by atoms with E-state index in [-0.39, 0.29) is 12.6 Å². The Morgan fingerprint density at radius 3 is 2.76 bits per heavy atom. The number of nitrogens with zero attached hydrogens (tertiary/aromatic N) is 1. The second kappa shape index (κ2) is 6.73. The molecule has 0 saturated heterocycles. The molecule has 0 aliphatic rings. The van der Waals surface area contributed by atoms with Crippen LogP contribution in [0.5, 0.6) is 0 Å². The first-order valence-corrected chi connectivity index (χ1v) is 7.32. The number of aliphatic carboxylic acids is 1. The van der Waals surface area contributed by atoms with Crippen molar-refractivity contribution >= 4 is 44.8 Å². The minimum Gasteiger partial charge on any atom is -0.480 e. The molecule has 1 heterocycles. The maximum Gasteiger partial charge on any atom is 0.317 e. The van der Waals surface area contributed by atoms with Gasteiger partial charge in [-0.1, -0.05) is 18.5 Å². The van der Waals surface area contributed by atoms with Crippen molar-refractivity contribution in [2.75, 3.05) is 6.54 Å². The number of hydrogen-bond acceptors (Lipinski definition) is 3. The molecule has 3 nitrogen and oxygen atoms in total. The Kier molecular flexibility index (Phi) is 5.92. The van der Waals surface area contributed by atoms with E-state index in [1.165, 1.54) is 11.3 Å². The lowest BCUT2D eigenvalue weighted by Gasteiger charge is -2.25. The first kappa shape index (κ1) is 15.0. The monoisotopic (exact) mass is 339 g/mol. The van der Waals surface area contributed by atoms with Gasteiger partial charge in [-0.3, -0.25) is 9.69 Å². The molecule has 0 fully saturated rings. The van der Waals surface area contributed by atoms with Gasteiger partial charge in [-0.05, 0) is 35.3 Å². The zero-order valence-corrected chi connectivity index (χ0v) is 12.9. The maximum atomic E-state index is 10.8. The molecule has 0 saturated carbocycles. The summed E-state index contributed by atoms with van der Waals surface area (Å²) < 4.78 is 1.58. The lowest BCUT2D eigenvalue weighted by atomic mass is 10.2. The standard InChI is InChI=1S/C11H15BrClNO2S/c1-3-7(2)14(6-10(15)16)5-8-4-9(12)11(13)17-8/h4,7H,3,5-6H2,1-2H3,(H,15,16). The van der Waals surface area contributed by atoms with Gasteiger partial charge in [0.25, 0.3) is 0 Å². The zero-order valence-electron chi connectivity index (χ0n) is 9.74. The van der Waals surface area contributed by atoms with E-state index in [9.17, 15) is 4.79 Å². The summed E-state index contributed by atoms with van der Waals surface area (Å²) in [4.78, 5) is 13.8. The predicted molar refractivity (Wildman–Crippen MR) is 74.8 cm³/mol. The number of carbonyl (C=O) groups is 1. The number of carboxylic acid groups (broad SMARTS) is 1. The SMILES string of the molecule is CCC(C)N(CC(=O)O)Cc1cc(Br)c(Cl)s1. The van der Waals surface area contributed by atoms with E-state index in [0.29, 0.717) is 10.9 Å². The minimum atomic E-state index is -0.799. The van der Waals surface area contributed by atoms with Crippen molar-refractivity contribution < 1.29 is 9.90 Å². The highest BCUT2D eigenvalue weighted by Gasteiger charge is 2.17. The van der Waals surface area contributed by atoms with E-state index in [1.807, 2.05) is 17.9 Å². The third-order valence-electron chi connectivity index (χ3n) is 2.61. The Bertz CT molecular complexity index is 377. The third-order valence-corrected chi connectivity index (χ3v) is 5.07. The molecule has 1 atom stereocenters. The summed E-state index contributed by atoms with van der Waals surface area (Å²) in [5.74, 6) is -0.799. The van der Waals surface area contributed by atoms with Crippen LogP contribution < -0.4 is 0 Å². The molecule has 1 aromatic rings. The topological polar surface area (TPSA) is 40.5 Å². The number of rotatable bonds is 6. The van der Waals surface area contributed by atoms with Gasteiger partial charge in [0, 0.05) is 21.9 Å². The zero-order chi connectivity index (χ0) is 13.0. The van der Waals surface area contributed by atoms with Gasteiger partial charge in [0.05, 0.1) is 6.54 Å². The average Bonchev–Trinajstić information content (AvgIpc) is 2.55. The van der Waals surface area contributed by atoms with Crippen LogP contribution in [0.1, 0.15) is 25.1 Å². The van der Waals surface area contributed by atoms with Crippen molar-refractivity contribution in [2.24, 2.45) is 0 Å². The molecule has 0 radical (unpaired) electrons. The van der Waals surface area contributed by atoms with Crippen LogP contribution >= 0.6 is 38.9 Å². The molecule has 1 rings (SSSR count). The highest BCUT2D eigenvalue weighted by atomic mass is 79.9. The van der Waals surface area contributed by atoms with E-state index in [0.717, 1.165) is 15.8 Å². The van der Waals surface area contributed by atoms with E-state index in [4.69, 9.17) is 16.7 Å². The van der Waals surface area contributed by atoms with Gasteiger partial charge in [0.1, 0.15) is 4.34 Å². The van der Waals surface area contributed by atoms with Gasteiger partial charge in [-0.15, -0.1) is 11.3 Å². The summed E-state index contributed by atoms with van der Waals surface area (Å²) in [6.45, 7) is 4.77. The first-order chi connectivity index (χ1) is 7.93. The van der Waals surface area contributed by atoms with Crippen LogP contribution in [0.25, 0.3) is 0 Å². The molecule has 0 amide bonds. The van der Waals surface area contributed by atoms with Crippen molar-refractivity contribution in [3.63, 3.8) is 0 Å². The fourth-order valence-corrected chi connectivity index (χ4v) is 3.29. The summed E-state index contributed by atoms with van der Waals surface area (Å²) in [5.41, 5.74) is 0. The Balaban J connectivity index is 2.74. The van der Waals surface area contributed by atoms with E-state index in [2.05, 4.69) is 22.9 Å². The van der Waals surface area contributed by atoms with Gasteiger partial charge in [-0.25, -0.2) is 0 Å². The highest BCUT2D eigenvalue weighted by molar-refractivity contribution is 9.10. The van der Waals surface area contributed by atoms with Gasteiger partial charge in [0.15, 0.2) is 0 Å². The summed E-state index contributed by atoms with van der Waals surface area (Å²) >= 11 is 10.8. The summed E-state index contributed by atoms with van der Waals surface area (Å²) in [7, 11) is 0. The van der Waals surface area contributed by atoms with E-state index < -0.39 is 5.97 Å². The molecule has 1 N–H and O–H groups in total. The van der Waals surface area contributed by atoms with Gasteiger partial charge < -0.3 is 5.11 Å². The summed E-state index contributed by atoms with van der Waals surface area (Å²) in [6, 6.07) is 2.19. The summed E-state index contributed by atoms with van der Waals surface area (Å²) in [6.07, 6.45) is 0.924. The average molecular weight is 341 g/mol. The predicted octanol–water partition coefficient (Wildman–Crippen LogP) is 3.85. The molecular weight excluding hydrogens is 326 g/mol. The molecule has 0 aromatic carbocycles. The van der Waals surface area contributed by atoms with Crippen LogP contribution in [0.2, 0.25) is 4.34 Å². The Labute approximate surface area is 119 Å².